The van der Waals surface area contributed by atoms with Crippen LogP contribution in [-0.4, -0.2) is 27.2 Å². The number of anilines is 1. The van der Waals surface area contributed by atoms with Gasteiger partial charge in [-0.25, -0.2) is 13.6 Å². The van der Waals surface area contributed by atoms with Gasteiger partial charge in [-0.1, -0.05) is 11.6 Å². The molecule has 1 heterocycles. The van der Waals surface area contributed by atoms with E-state index in [0.717, 1.165) is 18.2 Å². The molecule has 0 spiro atoms. The Hall–Kier alpha value is -2.48. The van der Waals surface area contributed by atoms with Crippen molar-refractivity contribution >= 4 is 29.3 Å². The molecule has 1 aromatic carbocycles. The number of carbonyl (C=O) groups excluding carboxylic acids is 1. The summed E-state index contributed by atoms with van der Waals surface area (Å²) in [5.74, 6) is -4.92. The van der Waals surface area contributed by atoms with Crippen LogP contribution in [0.15, 0.2) is 18.2 Å². The normalized spacial score (nSPS) is 10.3. The van der Waals surface area contributed by atoms with Crippen LogP contribution in [0.4, 0.5) is 14.6 Å². The maximum Gasteiger partial charge on any atom is 0.353 e. The molecule has 0 atom stereocenters. The average molecular weight is 302 g/mol. The Balaban J connectivity index is 2.28. The number of amides is 1. The van der Waals surface area contributed by atoms with Crippen LogP contribution in [0.1, 0.15) is 20.8 Å². The minimum Gasteiger partial charge on any atom is -0.477 e. The molecule has 1 aromatic heterocycles. The maximum absolute atomic E-state index is 13.6. The third kappa shape index (κ3) is 2.59. The summed E-state index contributed by atoms with van der Waals surface area (Å²) in [6.45, 7) is 0. The first-order valence-corrected chi connectivity index (χ1v) is 5.51. The molecular formula is C11H6ClF2N3O3. The number of H-pyrrole nitrogens is 1. The van der Waals surface area contributed by atoms with Gasteiger partial charge in [0.2, 0.25) is 0 Å². The molecule has 2 rings (SSSR count). The number of benzene rings is 1. The third-order valence-electron chi connectivity index (χ3n) is 2.32. The van der Waals surface area contributed by atoms with Gasteiger partial charge in [0.25, 0.3) is 5.91 Å². The van der Waals surface area contributed by atoms with E-state index < -0.39 is 34.1 Å². The van der Waals surface area contributed by atoms with E-state index in [1.54, 1.807) is 0 Å². The first-order valence-electron chi connectivity index (χ1n) is 5.13. The summed E-state index contributed by atoms with van der Waals surface area (Å²) in [5.41, 5.74) is -1.16. The van der Waals surface area contributed by atoms with Crippen LogP contribution in [0.2, 0.25) is 5.02 Å². The standard InChI is InChI=1S/C11H6ClF2N3O3/c12-4-1-2-5(13)8(9(4)14)10(18)15-7-3-6(11(19)20)16-17-7/h1-3H,(H,19,20)(H2,15,16,17,18). The van der Waals surface area contributed by atoms with Gasteiger partial charge in [0, 0.05) is 6.07 Å². The summed E-state index contributed by atoms with van der Waals surface area (Å²) in [7, 11) is 0. The fourth-order valence-corrected chi connectivity index (χ4v) is 1.57. The number of carboxylic acids is 1. The molecule has 3 N–H and O–H groups in total. The molecule has 104 valence electrons. The van der Waals surface area contributed by atoms with Crippen molar-refractivity contribution in [2.45, 2.75) is 0 Å². The molecule has 0 fully saturated rings. The highest BCUT2D eigenvalue weighted by atomic mass is 35.5. The minimum absolute atomic E-state index is 0.189. The fraction of sp³-hybridized carbons (Fsp3) is 0. The van der Waals surface area contributed by atoms with E-state index in [9.17, 15) is 18.4 Å². The van der Waals surface area contributed by atoms with Gasteiger partial charge in [-0.15, -0.1) is 0 Å². The molecule has 0 saturated heterocycles. The van der Waals surface area contributed by atoms with Crippen LogP contribution in [0, 0.1) is 11.6 Å². The van der Waals surface area contributed by atoms with Gasteiger partial charge in [0.15, 0.2) is 11.6 Å². The van der Waals surface area contributed by atoms with E-state index in [1.807, 2.05) is 0 Å². The zero-order valence-corrected chi connectivity index (χ0v) is 10.3. The second-order valence-electron chi connectivity index (χ2n) is 3.64. The SMILES string of the molecule is O=C(O)c1cc(NC(=O)c2c(F)ccc(Cl)c2F)n[nH]1. The topological polar surface area (TPSA) is 95.1 Å². The largest absolute Gasteiger partial charge is 0.477 e. The first-order chi connectivity index (χ1) is 9.40. The number of carboxylic acid groups (broad SMARTS) is 1. The van der Waals surface area contributed by atoms with Crippen molar-refractivity contribution in [3.63, 3.8) is 0 Å². The Morgan fingerprint density at radius 1 is 1.35 bits per heavy atom. The number of rotatable bonds is 3. The van der Waals surface area contributed by atoms with Crippen molar-refractivity contribution in [3.8, 4) is 0 Å². The summed E-state index contributed by atoms with van der Waals surface area (Å²) < 4.78 is 27.0. The van der Waals surface area contributed by atoms with Gasteiger partial charge in [-0.05, 0) is 12.1 Å². The number of carbonyl (C=O) groups is 2. The van der Waals surface area contributed by atoms with Crippen molar-refractivity contribution in [1.29, 1.82) is 0 Å². The van der Waals surface area contributed by atoms with E-state index in [1.165, 1.54) is 0 Å². The van der Waals surface area contributed by atoms with Crippen LogP contribution in [0.25, 0.3) is 0 Å². The molecule has 9 heteroatoms. The number of hydrogen-bond donors (Lipinski definition) is 3. The molecule has 0 aliphatic rings. The fourth-order valence-electron chi connectivity index (χ4n) is 1.41. The highest BCUT2D eigenvalue weighted by molar-refractivity contribution is 6.31. The van der Waals surface area contributed by atoms with Crippen molar-refractivity contribution in [1.82, 2.24) is 10.2 Å². The lowest BCUT2D eigenvalue weighted by Gasteiger charge is -2.05. The highest BCUT2D eigenvalue weighted by Crippen LogP contribution is 2.22. The van der Waals surface area contributed by atoms with Gasteiger partial charge in [0.05, 0.1) is 5.02 Å². The Morgan fingerprint density at radius 3 is 2.65 bits per heavy atom. The lowest BCUT2D eigenvalue weighted by molar-refractivity contribution is 0.0690. The third-order valence-corrected chi connectivity index (χ3v) is 2.61. The minimum atomic E-state index is -1.29. The molecular weight excluding hydrogens is 296 g/mol. The molecule has 0 aliphatic heterocycles. The summed E-state index contributed by atoms with van der Waals surface area (Å²) in [4.78, 5) is 22.3. The molecule has 0 unspecified atom stereocenters. The van der Waals surface area contributed by atoms with Gasteiger partial charge in [-0.2, -0.15) is 5.10 Å². The quantitative estimate of drug-likeness (QED) is 0.758. The summed E-state index contributed by atoms with van der Waals surface area (Å²) in [6.07, 6.45) is 0. The molecule has 0 radical (unpaired) electrons. The molecule has 20 heavy (non-hydrogen) atoms. The first kappa shape index (κ1) is 13.9. The Kier molecular flexibility index (Phi) is 3.66. The van der Waals surface area contributed by atoms with Gasteiger partial charge in [0.1, 0.15) is 17.1 Å². The Morgan fingerprint density at radius 2 is 2.05 bits per heavy atom. The number of halogens is 3. The molecule has 1 amide bonds. The number of nitrogens with zero attached hydrogens (tertiary/aromatic N) is 1. The van der Waals surface area contributed by atoms with Gasteiger partial charge in [-0.3, -0.25) is 9.89 Å². The molecule has 0 bridgehead atoms. The number of aromatic carboxylic acids is 1. The number of aromatic nitrogens is 2. The number of nitrogens with one attached hydrogen (secondary N) is 2. The molecule has 0 aliphatic carbocycles. The number of aromatic amines is 1. The van der Waals surface area contributed by atoms with Crippen molar-refractivity contribution in [2.75, 3.05) is 5.32 Å². The summed E-state index contributed by atoms with van der Waals surface area (Å²) >= 11 is 5.46. The average Bonchev–Trinajstić information content (AvgIpc) is 2.83. The van der Waals surface area contributed by atoms with Crippen molar-refractivity contribution < 1.29 is 23.5 Å². The predicted molar refractivity (Wildman–Crippen MR) is 64.9 cm³/mol. The van der Waals surface area contributed by atoms with Crippen LogP contribution < -0.4 is 5.32 Å². The van der Waals surface area contributed by atoms with E-state index in [0.29, 0.717) is 0 Å². The van der Waals surface area contributed by atoms with Gasteiger partial charge < -0.3 is 10.4 Å². The summed E-state index contributed by atoms with van der Waals surface area (Å²) in [6, 6.07) is 2.81. The van der Waals surface area contributed by atoms with Crippen LogP contribution in [0.5, 0.6) is 0 Å². The van der Waals surface area contributed by atoms with Crippen LogP contribution in [-0.2, 0) is 0 Å². The smallest absolute Gasteiger partial charge is 0.353 e. The second-order valence-corrected chi connectivity index (χ2v) is 4.05. The van der Waals surface area contributed by atoms with Crippen molar-refractivity contribution in [2.24, 2.45) is 0 Å². The summed E-state index contributed by atoms with van der Waals surface area (Å²) in [5, 5.41) is 15.9. The predicted octanol–water partition coefficient (Wildman–Crippen LogP) is 2.29. The van der Waals surface area contributed by atoms with E-state index in [4.69, 9.17) is 16.7 Å². The van der Waals surface area contributed by atoms with Crippen LogP contribution >= 0.6 is 11.6 Å². The van der Waals surface area contributed by atoms with E-state index in [2.05, 4.69) is 15.5 Å². The van der Waals surface area contributed by atoms with Crippen LogP contribution in [0.3, 0.4) is 0 Å². The zero-order chi connectivity index (χ0) is 14.9. The highest BCUT2D eigenvalue weighted by Gasteiger charge is 2.21. The molecule has 0 saturated carbocycles. The molecule has 2 aromatic rings. The zero-order valence-electron chi connectivity index (χ0n) is 9.58. The second kappa shape index (κ2) is 5.25. The molecule has 6 nitrogen and oxygen atoms in total. The Labute approximate surface area is 115 Å². The van der Waals surface area contributed by atoms with E-state index >= 15 is 0 Å². The van der Waals surface area contributed by atoms with Gasteiger partial charge >= 0.3 is 5.97 Å². The lowest BCUT2D eigenvalue weighted by atomic mass is 10.2. The number of hydrogen-bond acceptors (Lipinski definition) is 3. The maximum atomic E-state index is 13.6. The Bertz CT molecular complexity index is 702. The van der Waals surface area contributed by atoms with E-state index in [-0.39, 0.29) is 11.5 Å². The van der Waals surface area contributed by atoms with Crippen molar-refractivity contribution in [3.05, 3.63) is 46.1 Å². The monoisotopic (exact) mass is 301 g/mol. The lowest BCUT2D eigenvalue weighted by Crippen LogP contribution is -2.16.